The number of hydrogen-bond acceptors (Lipinski definition) is 4. The summed E-state index contributed by atoms with van der Waals surface area (Å²) in [6, 6.07) is 11.0. The fraction of sp³-hybridized carbons (Fsp3) is 0.300. The van der Waals surface area contributed by atoms with Crippen LogP contribution in [0.2, 0.25) is 5.02 Å². The van der Waals surface area contributed by atoms with Crippen LogP contribution in [0.15, 0.2) is 41.2 Å². The minimum Gasteiger partial charge on any atom is -0.493 e. The Balaban J connectivity index is 1.68. The molecule has 3 rings (SSSR count). The Morgan fingerprint density at radius 2 is 1.89 bits per heavy atom. The third-order valence-electron chi connectivity index (χ3n) is 4.48. The molecule has 3 aromatic rings. The second kappa shape index (κ2) is 8.41. The summed E-state index contributed by atoms with van der Waals surface area (Å²) in [5.41, 5.74) is 1.65. The zero-order valence-corrected chi connectivity index (χ0v) is 16.4. The maximum absolute atomic E-state index is 12.2. The third kappa shape index (κ3) is 4.59. The SMILES string of the molecule is COc1ccc(CC[NH+](C)Cc2nc3cc(Cl)ccc3c(=O)[nH]2)cc1OC. The smallest absolute Gasteiger partial charge is 0.258 e. The molecule has 1 atom stereocenters. The molecular formula is C20H23ClN3O3+. The Bertz CT molecular complexity index is 1000. The van der Waals surface area contributed by atoms with Gasteiger partial charge in [-0.05, 0) is 35.9 Å². The predicted molar refractivity (Wildman–Crippen MR) is 106 cm³/mol. The van der Waals surface area contributed by atoms with Crippen molar-refractivity contribution in [1.82, 2.24) is 9.97 Å². The van der Waals surface area contributed by atoms with Crippen molar-refractivity contribution in [3.8, 4) is 11.5 Å². The van der Waals surface area contributed by atoms with Crippen molar-refractivity contribution in [3.63, 3.8) is 0 Å². The lowest BCUT2D eigenvalue weighted by Gasteiger charge is -2.14. The number of ether oxygens (including phenoxy) is 2. The van der Waals surface area contributed by atoms with Gasteiger partial charge in [0.2, 0.25) is 0 Å². The van der Waals surface area contributed by atoms with Crippen LogP contribution < -0.4 is 19.9 Å². The number of hydrogen-bond donors (Lipinski definition) is 2. The topological polar surface area (TPSA) is 68.7 Å². The molecule has 27 heavy (non-hydrogen) atoms. The van der Waals surface area contributed by atoms with E-state index in [9.17, 15) is 4.79 Å². The van der Waals surface area contributed by atoms with Crippen molar-refractivity contribution >= 4 is 22.5 Å². The summed E-state index contributed by atoms with van der Waals surface area (Å²) in [7, 11) is 5.33. The van der Waals surface area contributed by atoms with Crippen molar-refractivity contribution in [2.24, 2.45) is 0 Å². The molecule has 0 saturated heterocycles. The van der Waals surface area contributed by atoms with Crippen LogP contribution in [0.3, 0.4) is 0 Å². The average molecular weight is 389 g/mol. The first-order valence-corrected chi connectivity index (χ1v) is 9.08. The average Bonchev–Trinajstić information content (AvgIpc) is 2.65. The first kappa shape index (κ1) is 19.2. The number of quaternary nitrogens is 1. The first-order chi connectivity index (χ1) is 13.0. The zero-order valence-electron chi connectivity index (χ0n) is 15.6. The largest absolute Gasteiger partial charge is 0.493 e. The van der Waals surface area contributed by atoms with E-state index in [0.717, 1.165) is 24.5 Å². The van der Waals surface area contributed by atoms with Crippen LogP contribution in [0.5, 0.6) is 11.5 Å². The molecule has 142 valence electrons. The highest BCUT2D eigenvalue weighted by molar-refractivity contribution is 6.31. The van der Waals surface area contributed by atoms with E-state index in [-0.39, 0.29) is 5.56 Å². The third-order valence-corrected chi connectivity index (χ3v) is 4.71. The molecule has 6 nitrogen and oxygen atoms in total. The maximum Gasteiger partial charge on any atom is 0.258 e. The van der Waals surface area contributed by atoms with Gasteiger partial charge < -0.3 is 19.4 Å². The lowest BCUT2D eigenvalue weighted by molar-refractivity contribution is -0.894. The lowest BCUT2D eigenvalue weighted by Crippen LogP contribution is -3.08. The standard InChI is InChI=1S/C20H22ClN3O3/c1-24(9-8-13-4-7-17(26-2)18(10-13)27-3)12-19-22-16-11-14(21)5-6-15(16)20(25)23-19/h4-7,10-11H,8-9,12H2,1-3H3,(H,22,23,25)/p+1. The molecule has 0 saturated carbocycles. The maximum atomic E-state index is 12.2. The molecule has 1 aromatic heterocycles. The summed E-state index contributed by atoms with van der Waals surface area (Å²) in [6.45, 7) is 1.50. The highest BCUT2D eigenvalue weighted by Crippen LogP contribution is 2.27. The quantitative estimate of drug-likeness (QED) is 0.648. The number of benzene rings is 2. The van der Waals surface area contributed by atoms with Gasteiger partial charge in [-0.3, -0.25) is 4.79 Å². The minimum absolute atomic E-state index is 0.139. The molecular weight excluding hydrogens is 366 g/mol. The molecule has 7 heteroatoms. The Morgan fingerprint density at radius 1 is 1.11 bits per heavy atom. The number of halogens is 1. The van der Waals surface area contributed by atoms with E-state index < -0.39 is 0 Å². The summed E-state index contributed by atoms with van der Waals surface area (Å²) in [4.78, 5) is 20.9. The van der Waals surface area contributed by atoms with Gasteiger partial charge in [0.05, 0.1) is 38.7 Å². The monoisotopic (exact) mass is 388 g/mol. The molecule has 0 aliphatic carbocycles. The van der Waals surface area contributed by atoms with E-state index in [1.165, 1.54) is 10.5 Å². The second-order valence-corrected chi connectivity index (χ2v) is 6.93. The van der Waals surface area contributed by atoms with Crippen molar-refractivity contribution in [2.75, 3.05) is 27.8 Å². The van der Waals surface area contributed by atoms with E-state index >= 15 is 0 Å². The molecule has 1 unspecified atom stereocenters. The van der Waals surface area contributed by atoms with Crippen LogP contribution in [-0.2, 0) is 13.0 Å². The van der Waals surface area contributed by atoms with Gasteiger partial charge in [0.15, 0.2) is 17.3 Å². The molecule has 2 N–H and O–H groups in total. The summed E-state index contributed by atoms with van der Waals surface area (Å²) in [5.74, 6) is 2.10. The van der Waals surface area contributed by atoms with Gasteiger partial charge in [-0.25, -0.2) is 4.98 Å². The number of aromatic amines is 1. The number of fused-ring (bicyclic) bond motifs is 1. The fourth-order valence-electron chi connectivity index (χ4n) is 3.01. The zero-order chi connectivity index (χ0) is 19.4. The van der Waals surface area contributed by atoms with Gasteiger partial charge in [0.1, 0.15) is 6.54 Å². The van der Waals surface area contributed by atoms with E-state index in [0.29, 0.717) is 28.3 Å². The van der Waals surface area contributed by atoms with Gasteiger partial charge in [-0.2, -0.15) is 0 Å². The van der Waals surface area contributed by atoms with Crippen LogP contribution in [0.4, 0.5) is 0 Å². The van der Waals surface area contributed by atoms with Crippen LogP contribution in [0.1, 0.15) is 11.4 Å². The Kier molecular flexibility index (Phi) is 5.98. The van der Waals surface area contributed by atoms with Gasteiger partial charge in [0.25, 0.3) is 5.56 Å². The van der Waals surface area contributed by atoms with Crippen molar-refractivity contribution in [2.45, 2.75) is 13.0 Å². The van der Waals surface area contributed by atoms with E-state index in [1.54, 1.807) is 32.4 Å². The Morgan fingerprint density at radius 3 is 2.63 bits per heavy atom. The summed E-state index contributed by atoms with van der Waals surface area (Å²) in [6.07, 6.45) is 0.871. The van der Waals surface area contributed by atoms with Crippen LogP contribution in [0, 0.1) is 0 Å². The van der Waals surface area contributed by atoms with Crippen LogP contribution in [0.25, 0.3) is 10.9 Å². The number of likely N-dealkylation sites (N-methyl/N-ethyl adjacent to an activating group) is 1. The Labute approximate surface area is 162 Å². The number of nitrogens with zero attached hydrogens (tertiary/aromatic N) is 1. The van der Waals surface area contributed by atoms with Crippen molar-refractivity contribution < 1.29 is 14.4 Å². The molecule has 0 spiro atoms. The van der Waals surface area contributed by atoms with Gasteiger partial charge in [0, 0.05) is 11.4 Å². The molecule has 0 aliphatic heterocycles. The first-order valence-electron chi connectivity index (χ1n) is 8.71. The normalized spacial score (nSPS) is 12.1. The molecule has 0 radical (unpaired) electrons. The minimum atomic E-state index is -0.139. The number of rotatable bonds is 7. The molecule has 0 fully saturated rings. The molecule has 0 bridgehead atoms. The predicted octanol–water partition coefficient (Wildman–Crippen LogP) is 1.85. The van der Waals surface area contributed by atoms with E-state index in [1.807, 2.05) is 18.2 Å². The van der Waals surface area contributed by atoms with Crippen LogP contribution in [-0.4, -0.2) is 37.8 Å². The Hall–Kier alpha value is -2.57. The molecule has 0 amide bonds. The van der Waals surface area contributed by atoms with E-state index in [2.05, 4.69) is 17.0 Å². The van der Waals surface area contributed by atoms with E-state index in [4.69, 9.17) is 21.1 Å². The number of nitrogens with one attached hydrogen (secondary N) is 2. The molecule has 2 aromatic carbocycles. The summed E-state index contributed by atoms with van der Waals surface area (Å²) < 4.78 is 10.6. The van der Waals surface area contributed by atoms with Crippen molar-refractivity contribution in [1.29, 1.82) is 0 Å². The van der Waals surface area contributed by atoms with Crippen molar-refractivity contribution in [3.05, 3.63) is 63.2 Å². The summed E-state index contributed by atoms with van der Waals surface area (Å²) >= 11 is 6.02. The lowest BCUT2D eigenvalue weighted by atomic mass is 10.1. The number of aromatic nitrogens is 2. The highest BCUT2D eigenvalue weighted by atomic mass is 35.5. The van der Waals surface area contributed by atoms with Crippen LogP contribution >= 0.6 is 11.6 Å². The fourth-order valence-corrected chi connectivity index (χ4v) is 3.18. The molecule has 1 heterocycles. The molecule has 0 aliphatic rings. The van der Waals surface area contributed by atoms with Gasteiger partial charge in [-0.15, -0.1) is 0 Å². The van der Waals surface area contributed by atoms with Gasteiger partial charge in [-0.1, -0.05) is 17.7 Å². The number of methoxy groups -OCH3 is 2. The second-order valence-electron chi connectivity index (χ2n) is 6.50. The number of H-pyrrole nitrogens is 1. The van der Waals surface area contributed by atoms with Gasteiger partial charge >= 0.3 is 0 Å². The highest BCUT2D eigenvalue weighted by Gasteiger charge is 2.11. The summed E-state index contributed by atoms with van der Waals surface area (Å²) in [5, 5.41) is 1.12.